The number of carbonyl (C=O) groups excluding carboxylic acids is 2. The molecule has 7 heteroatoms. The van der Waals surface area contributed by atoms with E-state index in [9.17, 15) is 14.4 Å². The predicted octanol–water partition coefficient (Wildman–Crippen LogP) is -0.837. The van der Waals surface area contributed by atoms with E-state index in [-0.39, 0.29) is 13.1 Å². The molecule has 0 rings (SSSR count). The smallest absolute Gasteiger partial charge is 0.327 e. The Morgan fingerprint density at radius 1 is 1.39 bits per heavy atom. The molecule has 104 valence electrons. The fourth-order valence-corrected chi connectivity index (χ4v) is 1.53. The topological polar surface area (TPSA) is 113 Å². The number of nitrogens with zero attached hydrogens (tertiary/aromatic N) is 1. The highest BCUT2D eigenvalue weighted by Crippen LogP contribution is 1.98. The molecule has 0 heterocycles. The SMILES string of the molecule is CCCCN(CC(N)=O)CC(NC(C)=O)C(=O)O. The molecule has 18 heavy (non-hydrogen) atoms. The van der Waals surface area contributed by atoms with Crippen molar-refractivity contribution in [3.05, 3.63) is 0 Å². The lowest BCUT2D eigenvalue weighted by molar-refractivity contribution is -0.142. The van der Waals surface area contributed by atoms with Crippen LogP contribution in [-0.2, 0) is 14.4 Å². The lowest BCUT2D eigenvalue weighted by Crippen LogP contribution is -2.49. The van der Waals surface area contributed by atoms with Crippen molar-refractivity contribution in [2.24, 2.45) is 5.73 Å². The second kappa shape index (κ2) is 8.46. The van der Waals surface area contributed by atoms with Crippen LogP contribution in [0.4, 0.5) is 0 Å². The molecule has 0 aliphatic carbocycles. The summed E-state index contributed by atoms with van der Waals surface area (Å²) in [7, 11) is 0. The molecule has 2 amide bonds. The van der Waals surface area contributed by atoms with Crippen LogP contribution in [-0.4, -0.2) is 53.5 Å². The third-order valence-electron chi connectivity index (χ3n) is 2.32. The zero-order chi connectivity index (χ0) is 14.1. The molecule has 0 aliphatic rings. The van der Waals surface area contributed by atoms with Crippen LogP contribution in [0.15, 0.2) is 0 Å². The average Bonchev–Trinajstić information content (AvgIpc) is 2.23. The molecular formula is C11H21N3O4. The van der Waals surface area contributed by atoms with Gasteiger partial charge in [-0.1, -0.05) is 13.3 Å². The van der Waals surface area contributed by atoms with E-state index < -0.39 is 23.8 Å². The van der Waals surface area contributed by atoms with Crippen LogP contribution in [0.5, 0.6) is 0 Å². The summed E-state index contributed by atoms with van der Waals surface area (Å²) in [6, 6.07) is -1.03. The number of hydrogen-bond donors (Lipinski definition) is 3. The summed E-state index contributed by atoms with van der Waals surface area (Å²) in [5.41, 5.74) is 5.10. The van der Waals surface area contributed by atoms with E-state index in [1.165, 1.54) is 6.92 Å². The minimum Gasteiger partial charge on any atom is -0.480 e. The van der Waals surface area contributed by atoms with E-state index in [0.717, 1.165) is 12.8 Å². The van der Waals surface area contributed by atoms with Crippen LogP contribution in [0.2, 0.25) is 0 Å². The maximum atomic E-state index is 11.0. The first-order chi connectivity index (χ1) is 8.36. The fourth-order valence-electron chi connectivity index (χ4n) is 1.53. The second-order valence-electron chi connectivity index (χ2n) is 4.15. The maximum absolute atomic E-state index is 11.0. The molecule has 0 aromatic heterocycles. The number of nitrogens with two attached hydrogens (primary N) is 1. The Bertz CT molecular complexity index is 307. The summed E-state index contributed by atoms with van der Waals surface area (Å²) in [6.45, 7) is 3.87. The molecule has 0 aromatic carbocycles. The molecule has 0 fully saturated rings. The van der Waals surface area contributed by atoms with Crippen molar-refractivity contribution < 1.29 is 19.5 Å². The molecule has 4 N–H and O–H groups in total. The van der Waals surface area contributed by atoms with Gasteiger partial charge in [0, 0.05) is 13.5 Å². The molecule has 0 aromatic rings. The second-order valence-corrected chi connectivity index (χ2v) is 4.15. The summed E-state index contributed by atoms with van der Waals surface area (Å²) >= 11 is 0. The van der Waals surface area contributed by atoms with Crippen molar-refractivity contribution in [1.82, 2.24) is 10.2 Å². The minimum absolute atomic E-state index is 0.0106. The van der Waals surface area contributed by atoms with Gasteiger partial charge in [-0.2, -0.15) is 0 Å². The number of hydrogen-bond acceptors (Lipinski definition) is 4. The minimum atomic E-state index is -1.13. The summed E-state index contributed by atoms with van der Waals surface area (Å²) in [4.78, 5) is 34.4. The molecule has 0 radical (unpaired) electrons. The van der Waals surface area contributed by atoms with Gasteiger partial charge in [-0.05, 0) is 13.0 Å². The van der Waals surface area contributed by atoms with Gasteiger partial charge in [0.1, 0.15) is 6.04 Å². The molecule has 0 saturated heterocycles. The van der Waals surface area contributed by atoms with Gasteiger partial charge in [0.25, 0.3) is 0 Å². The molecule has 0 saturated carbocycles. The number of aliphatic carboxylic acids is 1. The third-order valence-corrected chi connectivity index (χ3v) is 2.32. The number of rotatable bonds is 9. The van der Waals surface area contributed by atoms with Crippen LogP contribution in [0.3, 0.4) is 0 Å². The Morgan fingerprint density at radius 2 is 2.00 bits per heavy atom. The molecule has 1 unspecified atom stereocenters. The number of amides is 2. The van der Waals surface area contributed by atoms with Gasteiger partial charge in [-0.15, -0.1) is 0 Å². The van der Waals surface area contributed by atoms with Gasteiger partial charge in [0.15, 0.2) is 0 Å². The number of nitrogens with one attached hydrogen (secondary N) is 1. The zero-order valence-electron chi connectivity index (χ0n) is 10.8. The van der Waals surface area contributed by atoms with E-state index in [4.69, 9.17) is 10.8 Å². The van der Waals surface area contributed by atoms with Gasteiger partial charge in [-0.25, -0.2) is 4.79 Å². The van der Waals surface area contributed by atoms with Crippen LogP contribution >= 0.6 is 0 Å². The molecular weight excluding hydrogens is 238 g/mol. The number of carbonyl (C=O) groups is 3. The van der Waals surface area contributed by atoms with Gasteiger partial charge in [-0.3, -0.25) is 14.5 Å². The van der Waals surface area contributed by atoms with E-state index in [2.05, 4.69) is 5.32 Å². The lowest BCUT2D eigenvalue weighted by atomic mass is 10.2. The highest BCUT2D eigenvalue weighted by Gasteiger charge is 2.22. The lowest BCUT2D eigenvalue weighted by Gasteiger charge is -2.24. The van der Waals surface area contributed by atoms with Crippen molar-refractivity contribution in [2.75, 3.05) is 19.6 Å². The Morgan fingerprint density at radius 3 is 2.39 bits per heavy atom. The molecule has 7 nitrogen and oxygen atoms in total. The molecule has 0 aliphatic heterocycles. The van der Waals surface area contributed by atoms with Crippen LogP contribution in [0, 0.1) is 0 Å². The molecule has 1 atom stereocenters. The first-order valence-electron chi connectivity index (χ1n) is 5.87. The van der Waals surface area contributed by atoms with Gasteiger partial charge >= 0.3 is 5.97 Å². The summed E-state index contributed by atoms with van der Waals surface area (Å²) in [6.07, 6.45) is 1.76. The Balaban J connectivity index is 4.51. The van der Waals surface area contributed by atoms with Crippen molar-refractivity contribution in [3.8, 4) is 0 Å². The Kier molecular flexibility index (Phi) is 7.69. The summed E-state index contributed by atoms with van der Waals surface area (Å²) in [5.74, 6) is -2.06. The monoisotopic (exact) mass is 259 g/mol. The van der Waals surface area contributed by atoms with Crippen LogP contribution in [0.25, 0.3) is 0 Å². The number of carboxylic acids is 1. The number of primary amides is 1. The van der Waals surface area contributed by atoms with Crippen LogP contribution < -0.4 is 11.1 Å². The first kappa shape index (κ1) is 16.4. The van der Waals surface area contributed by atoms with E-state index in [1.54, 1.807) is 4.90 Å². The molecule has 0 spiro atoms. The van der Waals surface area contributed by atoms with Gasteiger partial charge in [0.05, 0.1) is 6.54 Å². The molecule has 0 bridgehead atoms. The zero-order valence-corrected chi connectivity index (χ0v) is 10.8. The normalized spacial score (nSPS) is 12.2. The van der Waals surface area contributed by atoms with Crippen molar-refractivity contribution in [3.63, 3.8) is 0 Å². The largest absolute Gasteiger partial charge is 0.480 e. The van der Waals surface area contributed by atoms with Crippen molar-refractivity contribution in [1.29, 1.82) is 0 Å². The summed E-state index contributed by atoms with van der Waals surface area (Å²) in [5, 5.41) is 11.3. The highest BCUT2D eigenvalue weighted by molar-refractivity contribution is 5.82. The highest BCUT2D eigenvalue weighted by atomic mass is 16.4. The fraction of sp³-hybridized carbons (Fsp3) is 0.727. The van der Waals surface area contributed by atoms with Crippen molar-refractivity contribution in [2.45, 2.75) is 32.7 Å². The predicted molar refractivity (Wildman–Crippen MR) is 65.8 cm³/mol. The summed E-state index contributed by atoms with van der Waals surface area (Å²) < 4.78 is 0. The standard InChI is InChI=1S/C11H21N3O4/c1-3-4-5-14(7-10(12)16)6-9(11(17)18)13-8(2)15/h9H,3-7H2,1-2H3,(H2,12,16)(H,13,15)(H,17,18). The van der Waals surface area contributed by atoms with E-state index in [0.29, 0.717) is 6.54 Å². The van der Waals surface area contributed by atoms with E-state index >= 15 is 0 Å². The number of carboxylic acid groups (broad SMARTS) is 1. The quantitative estimate of drug-likeness (QED) is 0.500. The van der Waals surface area contributed by atoms with Crippen LogP contribution in [0.1, 0.15) is 26.7 Å². The third kappa shape index (κ3) is 7.61. The van der Waals surface area contributed by atoms with Gasteiger partial charge in [0.2, 0.25) is 11.8 Å². The average molecular weight is 259 g/mol. The first-order valence-corrected chi connectivity index (χ1v) is 5.87. The Labute approximate surface area is 106 Å². The Hall–Kier alpha value is -1.63. The van der Waals surface area contributed by atoms with Gasteiger partial charge < -0.3 is 16.2 Å². The number of unbranched alkanes of at least 4 members (excludes halogenated alkanes) is 1. The van der Waals surface area contributed by atoms with Crippen molar-refractivity contribution >= 4 is 17.8 Å². The maximum Gasteiger partial charge on any atom is 0.327 e. The van der Waals surface area contributed by atoms with E-state index in [1.807, 2.05) is 6.92 Å².